The average molecular weight is 421 g/mol. The van der Waals surface area contributed by atoms with Crippen LogP contribution in [0.5, 0.6) is 5.75 Å². The van der Waals surface area contributed by atoms with Crippen molar-refractivity contribution >= 4 is 50.3 Å². The van der Waals surface area contributed by atoms with Crippen LogP contribution in [0.15, 0.2) is 58.3 Å². The fourth-order valence-corrected chi connectivity index (χ4v) is 4.66. The molecule has 1 aliphatic heterocycles. The van der Waals surface area contributed by atoms with E-state index < -0.39 is 15.9 Å². The summed E-state index contributed by atoms with van der Waals surface area (Å²) in [6.07, 6.45) is 1.62. The van der Waals surface area contributed by atoms with E-state index in [0.29, 0.717) is 16.2 Å². The summed E-state index contributed by atoms with van der Waals surface area (Å²) in [5.41, 5.74) is 1.63. The third-order valence-corrected chi connectivity index (χ3v) is 6.38. The van der Waals surface area contributed by atoms with Crippen molar-refractivity contribution in [2.45, 2.75) is 11.8 Å². The number of thioether (sulfide) groups is 1. The van der Waals surface area contributed by atoms with Crippen LogP contribution in [0.25, 0.3) is 6.08 Å². The van der Waals surface area contributed by atoms with E-state index in [-0.39, 0.29) is 9.22 Å². The first-order chi connectivity index (χ1) is 12.8. The van der Waals surface area contributed by atoms with Crippen LogP contribution in [-0.4, -0.2) is 30.8 Å². The molecule has 6 nitrogen and oxygen atoms in total. The minimum Gasteiger partial charge on any atom is -0.496 e. The van der Waals surface area contributed by atoms with Gasteiger partial charge in [0.2, 0.25) is 0 Å². The largest absolute Gasteiger partial charge is 0.496 e. The summed E-state index contributed by atoms with van der Waals surface area (Å²) in [6, 6.07) is 13.5. The van der Waals surface area contributed by atoms with E-state index in [1.807, 2.05) is 19.1 Å². The molecule has 0 radical (unpaired) electrons. The fraction of sp³-hybridized carbons (Fsp3) is 0.111. The molecule has 0 saturated carbocycles. The Morgan fingerprint density at radius 3 is 2.48 bits per heavy atom. The normalized spacial score (nSPS) is 16.2. The molecule has 0 unspecified atom stereocenters. The maximum Gasteiger partial charge on any atom is 0.281 e. The molecule has 27 heavy (non-hydrogen) atoms. The van der Waals surface area contributed by atoms with E-state index in [0.717, 1.165) is 22.3 Å². The van der Waals surface area contributed by atoms with Crippen LogP contribution in [0.4, 0.5) is 0 Å². The molecular weight excluding hydrogens is 404 g/mol. The van der Waals surface area contributed by atoms with Crippen molar-refractivity contribution in [3.05, 3.63) is 64.6 Å². The SMILES string of the molecule is COc1ccccc1/C=C1\SC(=S)N(NS(=O)(=O)c2ccc(C)cc2)C1=O. The lowest BCUT2D eigenvalue weighted by molar-refractivity contribution is -0.123. The van der Waals surface area contributed by atoms with Crippen molar-refractivity contribution in [2.24, 2.45) is 0 Å². The molecule has 1 N–H and O–H groups in total. The topological polar surface area (TPSA) is 75.7 Å². The number of thiocarbonyl (C=S) groups is 1. The van der Waals surface area contributed by atoms with E-state index in [2.05, 4.69) is 4.83 Å². The van der Waals surface area contributed by atoms with E-state index in [1.54, 1.807) is 30.3 Å². The smallest absolute Gasteiger partial charge is 0.281 e. The predicted molar refractivity (Wildman–Crippen MR) is 110 cm³/mol. The number of hydrogen-bond acceptors (Lipinski definition) is 6. The van der Waals surface area contributed by atoms with Gasteiger partial charge in [0.25, 0.3) is 15.9 Å². The number of nitrogens with zero attached hydrogens (tertiary/aromatic N) is 1. The third kappa shape index (κ3) is 4.22. The summed E-state index contributed by atoms with van der Waals surface area (Å²) in [5, 5.41) is 0.871. The van der Waals surface area contributed by atoms with E-state index in [9.17, 15) is 13.2 Å². The maximum atomic E-state index is 12.7. The highest BCUT2D eigenvalue weighted by Crippen LogP contribution is 2.33. The van der Waals surface area contributed by atoms with E-state index in [4.69, 9.17) is 17.0 Å². The fourth-order valence-electron chi connectivity index (χ4n) is 2.36. The predicted octanol–water partition coefficient (Wildman–Crippen LogP) is 3.10. The average Bonchev–Trinajstić information content (AvgIpc) is 2.89. The summed E-state index contributed by atoms with van der Waals surface area (Å²) < 4.78 is 30.5. The molecule has 0 aliphatic carbocycles. The summed E-state index contributed by atoms with van der Waals surface area (Å²) >= 11 is 6.20. The third-order valence-electron chi connectivity index (χ3n) is 3.76. The van der Waals surface area contributed by atoms with Gasteiger partial charge in [-0.05, 0) is 31.2 Å². The number of amides is 1. The first-order valence-electron chi connectivity index (χ1n) is 7.82. The Balaban J connectivity index is 1.86. The lowest BCUT2D eigenvalue weighted by Crippen LogP contribution is -2.44. The van der Waals surface area contributed by atoms with Crippen molar-refractivity contribution < 1.29 is 17.9 Å². The molecule has 2 aromatic carbocycles. The van der Waals surface area contributed by atoms with Gasteiger partial charge in [0.1, 0.15) is 5.75 Å². The zero-order valence-corrected chi connectivity index (χ0v) is 17.0. The van der Waals surface area contributed by atoms with Gasteiger partial charge in [-0.3, -0.25) is 4.79 Å². The molecule has 0 bridgehead atoms. The van der Waals surface area contributed by atoms with Gasteiger partial charge in [0, 0.05) is 5.56 Å². The zero-order chi connectivity index (χ0) is 19.6. The molecule has 9 heteroatoms. The molecular formula is C18H16N2O4S3. The second kappa shape index (κ2) is 7.81. The molecule has 1 amide bonds. The van der Waals surface area contributed by atoms with Crippen molar-refractivity contribution in [3.8, 4) is 5.75 Å². The van der Waals surface area contributed by atoms with Crippen LogP contribution < -0.4 is 9.57 Å². The van der Waals surface area contributed by atoms with Crippen LogP contribution >= 0.6 is 24.0 Å². The number of carbonyl (C=O) groups is 1. The monoisotopic (exact) mass is 420 g/mol. The molecule has 1 fully saturated rings. The first kappa shape index (κ1) is 19.6. The highest BCUT2D eigenvalue weighted by molar-refractivity contribution is 8.26. The number of rotatable bonds is 5. The van der Waals surface area contributed by atoms with Crippen molar-refractivity contribution in [1.82, 2.24) is 9.84 Å². The van der Waals surface area contributed by atoms with Crippen LogP contribution in [0.3, 0.4) is 0 Å². The highest BCUT2D eigenvalue weighted by Gasteiger charge is 2.35. The van der Waals surface area contributed by atoms with E-state index in [1.165, 1.54) is 19.2 Å². The Hall–Kier alpha value is -2.20. The molecule has 2 aromatic rings. The Bertz CT molecular complexity index is 1030. The van der Waals surface area contributed by atoms with Gasteiger partial charge < -0.3 is 4.74 Å². The Labute approximate surface area is 167 Å². The number of para-hydroxylation sites is 1. The number of hydrazine groups is 1. The summed E-state index contributed by atoms with van der Waals surface area (Å²) in [7, 11) is -2.40. The Kier molecular flexibility index (Phi) is 5.66. The standard InChI is InChI=1S/C18H16N2O4S3/c1-12-7-9-14(10-8-12)27(22,23)19-20-17(21)16(26-18(20)25)11-13-5-3-4-6-15(13)24-2/h3-11,19H,1-2H3/b16-11-. The van der Waals surface area contributed by atoms with Gasteiger partial charge >= 0.3 is 0 Å². The van der Waals surface area contributed by atoms with Gasteiger partial charge in [-0.2, -0.15) is 0 Å². The van der Waals surface area contributed by atoms with Crippen LogP contribution in [0.1, 0.15) is 11.1 Å². The minimum absolute atomic E-state index is 0.0517. The molecule has 1 saturated heterocycles. The Morgan fingerprint density at radius 2 is 1.81 bits per heavy atom. The number of ether oxygens (including phenoxy) is 1. The van der Waals surface area contributed by atoms with Crippen molar-refractivity contribution in [1.29, 1.82) is 0 Å². The van der Waals surface area contributed by atoms with Gasteiger partial charge in [-0.15, -0.1) is 4.83 Å². The first-order valence-corrected chi connectivity index (χ1v) is 10.5. The minimum atomic E-state index is -3.93. The lowest BCUT2D eigenvalue weighted by atomic mass is 10.2. The second-order valence-electron chi connectivity index (χ2n) is 5.67. The molecule has 0 spiro atoms. The Morgan fingerprint density at radius 1 is 1.15 bits per heavy atom. The molecule has 0 atom stereocenters. The number of hydrogen-bond donors (Lipinski definition) is 1. The van der Waals surface area contributed by atoms with Gasteiger partial charge in [0.05, 0.1) is 16.9 Å². The molecule has 3 rings (SSSR count). The number of carbonyl (C=O) groups excluding carboxylic acids is 1. The molecule has 0 aromatic heterocycles. The van der Waals surface area contributed by atoms with E-state index >= 15 is 0 Å². The highest BCUT2D eigenvalue weighted by atomic mass is 32.2. The molecule has 1 heterocycles. The zero-order valence-electron chi connectivity index (χ0n) is 14.5. The lowest BCUT2D eigenvalue weighted by Gasteiger charge is -2.16. The summed E-state index contributed by atoms with van der Waals surface area (Å²) in [6.45, 7) is 1.86. The van der Waals surface area contributed by atoms with Crippen LogP contribution in [0.2, 0.25) is 0 Å². The molecule has 140 valence electrons. The number of aryl methyl sites for hydroxylation is 1. The van der Waals surface area contributed by atoms with Crippen LogP contribution in [0, 0.1) is 6.92 Å². The quantitative estimate of drug-likeness (QED) is 0.592. The number of nitrogens with one attached hydrogen (secondary N) is 1. The van der Waals surface area contributed by atoms with Gasteiger partial charge in [-0.1, -0.05) is 59.9 Å². The second-order valence-corrected chi connectivity index (χ2v) is 9.00. The van der Waals surface area contributed by atoms with Gasteiger partial charge in [0.15, 0.2) is 4.32 Å². The number of methoxy groups -OCH3 is 1. The summed E-state index contributed by atoms with van der Waals surface area (Å²) in [4.78, 5) is 15.3. The van der Waals surface area contributed by atoms with Gasteiger partial charge in [-0.25, -0.2) is 13.4 Å². The van der Waals surface area contributed by atoms with Crippen LogP contribution in [-0.2, 0) is 14.8 Å². The van der Waals surface area contributed by atoms with Crippen molar-refractivity contribution in [3.63, 3.8) is 0 Å². The number of benzene rings is 2. The van der Waals surface area contributed by atoms with Crippen molar-refractivity contribution in [2.75, 3.05) is 7.11 Å². The number of sulfonamides is 1. The maximum absolute atomic E-state index is 12.7. The summed E-state index contributed by atoms with van der Waals surface area (Å²) in [5.74, 6) is 0.0644. The molecule has 1 aliphatic rings.